The summed E-state index contributed by atoms with van der Waals surface area (Å²) >= 11 is 0. The van der Waals surface area contributed by atoms with Gasteiger partial charge in [0.1, 0.15) is 17.7 Å². The van der Waals surface area contributed by atoms with E-state index in [0.717, 1.165) is 42.4 Å². The van der Waals surface area contributed by atoms with E-state index in [9.17, 15) is 10.0 Å². The largest absolute Gasteiger partial charge is 0.395 e. The zero-order valence-electron chi connectivity index (χ0n) is 15.8. The van der Waals surface area contributed by atoms with Crippen molar-refractivity contribution < 1.29 is 19.8 Å². The number of rotatable bonds is 5. The Balaban J connectivity index is 1.71. The normalized spacial score (nSPS) is 17.3. The first-order chi connectivity index (χ1) is 13.5. The quantitative estimate of drug-likeness (QED) is 0.389. The Morgan fingerprint density at radius 3 is 2.71 bits per heavy atom. The number of aliphatic hydroxyl groups excluding tert-OH is 1. The van der Waals surface area contributed by atoms with Crippen LogP contribution in [0, 0.1) is 6.92 Å². The third kappa shape index (κ3) is 3.11. The fourth-order valence-corrected chi connectivity index (χ4v) is 4.26. The number of pyridine rings is 1. The minimum Gasteiger partial charge on any atom is -0.395 e. The Hall–Kier alpha value is -2.94. The maximum absolute atomic E-state index is 12.6. The molecule has 28 heavy (non-hydrogen) atoms. The van der Waals surface area contributed by atoms with Crippen LogP contribution in [-0.4, -0.2) is 39.3 Å². The highest BCUT2D eigenvalue weighted by Gasteiger charge is 2.50. The first kappa shape index (κ1) is 18.4. The van der Waals surface area contributed by atoms with Crippen LogP contribution in [0.1, 0.15) is 53.7 Å². The van der Waals surface area contributed by atoms with E-state index in [1.807, 2.05) is 6.92 Å². The number of carbonyl (C=O) groups is 1. The van der Waals surface area contributed by atoms with Gasteiger partial charge in [0, 0.05) is 18.7 Å². The highest BCUT2D eigenvalue weighted by atomic mass is 16.5. The number of hydrogen-bond donors (Lipinski definition) is 5. The Morgan fingerprint density at radius 2 is 1.96 bits per heavy atom. The monoisotopic (exact) mass is 385 g/mol. The molecule has 0 aromatic carbocycles. The van der Waals surface area contributed by atoms with E-state index in [-0.39, 0.29) is 12.5 Å². The molecule has 3 heterocycles. The van der Waals surface area contributed by atoms with Crippen LogP contribution in [0.5, 0.6) is 0 Å². The molecule has 0 atom stereocenters. The second kappa shape index (κ2) is 7.23. The van der Waals surface area contributed by atoms with Crippen molar-refractivity contribution in [3.05, 3.63) is 35.3 Å². The van der Waals surface area contributed by atoms with E-state index in [1.54, 1.807) is 12.1 Å². The first-order valence-corrected chi connectivity index (χ1v) is 9.60. The third-order valence-corrected chi connectivity index (χ3v) is 5.51. The van der Waals surface area contributed by atoms with Crippen LogP contribution in [-0.2, 0) is 5.54 Å². The highest BCUT2D eigenvalue weighted by molar-refractivity contribution is 6.00. The van der Waals surface area contributed by atoms with Crippen molar-refractivity contribution in [2.45, 2.75) is 44.6 Å². The van der Waals surface area contributed by atoms with E-state index < -0.39 is 5.54 Å². The standard InChI is InChI=1S/C19H24N6O3/c1-12-9-15(23-14-10-13(20-7-8-26)21-11-22-14)25(28)17-16(12)18(27)24-19(17)5-3-2-4-6-19/h9-11,26,28H,2-8H2,1H3,(H2,20,21,22,24,27)/p+1. The summed E-state index contributed by atoms with van der Waals surface area (Å²) in [6, 6.07) is 3.43. The maximum atomic E-state index is 12.6. The Bertz CT molecular complexity index is 911. The van der Waals surface area contributed by atoms with Crippen LogP contribution in [0.25, 0.3) is 0 Å². The first-order valence-electron chi connectivity index (χ1n) is 9.60. The van der Waals surface area contributed by atoms with Gasteiger partial charge >= 0.3 is 5.82 Å². The van der Waals surface area contributed by atoms with Gasteiger partial charge in [0.2, 0.25) is 5.82 Å². The number of amides is 1. The molecule has 0 saturated heterocycles. The van der Waals surface area contributed by atoms with Gasteiger partial charge in [0.15, 0.2) is 5.69 Å². The number of carbonyl (C=O) groups excluding carboxylic acids is 1. The molecule has 2 aromatic rings. The molecule has 1 aliphatic carbocycles. The summed E-state index contributed by atoms with van der Waals surface area (Å²) in [5.41, 5.74) is 1.48. The highest BCUT2D eigenvalue weighted by Crippen LogP contribution is 2.42. The molecule has 2 aromatic heterocycles. The number of hydrogen-bond acceptors (Lipinski definition) is 7. The van der Waals surface area contributed by atoms with Gasteiger partial charge in [0.25, 0.3) is 5.91 Å². The number of aromatic nitrogens is 3. The lowest BCUT2D eigenvalue weighted by molar-refractivity contribution is -0.900. The summed E-state index contributed by atoms with van der Waals surface area (Å²) in [4.78, 5) is 20.9. The summed E-state index contributed by atoms with van der Waals surface area (Å²) in [5, 5.41) is 29.2. The average Bonchev–Trinajstić information content (AvgIpc) is 2.97. The number of nitrogens with one attached hydrogen (secondary N) is 3. The second-order valence-electron chi connectivity index (χ2n) is 7.41. The van der Waals surface area contributed by atoms with Crippen LogP contribution >= 0.6 is 0 Å². The zero-order chi connectivity index (χ0) is 19.7. The third-order valence-electron chi connectivity index (χ3n) is 5.51. The van der Waals surface area contributed by atoms with Gasteiger partial charge in [-0.15, -0.1) is 0 Å². The van der Waals surface area contributed by atoms with Gasteiger partial charge in [-0.3, -0.25) is 4.79 Å². The van der Waals surface area contributed by atoms with Gasteiger partial charge in [-0.2, -0.15) is 4.98 Å². The summed E-state index contributed by atoms with van der Waals surface area (Å²) in [5.74, 6) is 1.37. The molecule has 2 aliphatic rings. The fourth-order valence-electron chi connectivity index (χ4n) is 4.26. The molecular formula is C19H25N6O3+. The van der Waals surface area contributed by atoms with Crippen LogP contribution in [0.2, 0.25) is 0 Å². The van der Waals surface area contributed by atoms with E-state index in [1.165, 1.54) is 6.33 Å². The molecule has 5 N–H and O–H groups in total. The van der Waals surface area contributed by atoms with Crippen LogP contribution < -0.4 is 20.7 Å². The Kier molecular flexibility index (Phi) is 4.76. The number of fused-ring (bicyclic) bond motifs is 2. The minimum absolute atomic E-state index is 0.00344. The predicted molar refractivity (Wildman–Crippen MR) is 102 cm³/mol. The molecule has 1 fully saturated rings. The molecule has 1 aliphatic heterocycles. The lowest BCUT2D eigenvalue weighted by Crippen LogP contribution is -2.50. The van der Waals surface area contributed by atoms with E-state index in [4.69, 9.17) is 5.11 Å². The van der Waals surface area contributed by atoms with Crippen LogP contribution in [0.15, 0.2) is 18.5 Å². The molecule has 1 saturated carbocycles. The molecule has 0 bridgehead atoms. The van der Waals surface area contributed by atoms with Gasteiger partial charge in [-0.05, 0) is 30.1 Å². The van der Waals surface area contributed by atoms with Crippen LogP contribution in [0.4, 0.5) is 17.5 Å². The SMILES string of the molecule is Cc1cc(Nc2cc(NCCO)ncn2)[n+](O)c2c1C(=O)NC21CCCCC1. The van der Waals surface area contributed by atoms with Crippen molar-refractivity contribution in [3.63, 3.8) is 0 Å². The molecular weight excluding hydrogens is 360 g/mol. The lowest BCUT2D eigenvalue weighted by atomic mass is 9.79. The average molecular weight is 385 g/mol. The van der Waals surface area contributed by atoms with E-state index in [2.05, 4.69) is 25.9 Å². The van der Waals surface area contributed by atoms with Gasteiger partial charge in [0.05, 0.1) is 12.2 Å². The van der Waals surface area contributed by atoms with Gasteiger partial charge in [-0.25, -0.2) is 10.3 Å². The van der Waals surface area contributed by atoms with Crippen molar-refractivity contribution in [2.75, 3.05) is 23.8 Å². The molecule has 9 heteroatoms. The molecule has 0 unspecified atom stereocenters. The predicted octanol–water partition coefficient (Wildman–Crippen LogP) is 1.36. The van der Waals surface area contributed by atoms with E-state index >= 15 is 0 Å². The van der Waals surface area contributed by atoms with E-state index in [0.29, 0.717) is 35.3 Å². The smallest absolute Gasteiger partial charge is 0.320 e. The minimum atomic E-state index is -0.513. The molecule has 148 valence electrons. The maximum Gasteiger partial charge on any atom is 0.320 e. The van der Waals surface area contributed by atoms with Crippen molar-refractivity contribution in [1.82, 2.24) is 15.3 Å². The van der Waals surface area contributed by atoms with Gasteiger partial charge in [-0.1, -0.05) is 19.3 Å². The number of aryl methyl sites for hydroxylation is 1. The topological polar surface area (TPSA) is 123 Å². The molecule has 9 nitrogen and oxygen atoms in total. The molecule has 1 amide bonds. The number of anilines is 3. The zero-order valence-corrected chi connectivity index (χ0v) is 15.8. The molecule has 0 radical (unpaired) electrons. The van der Waals surface area contributed by atoms with Crippen LogP contribution in [0.3, 0.4) is 0 Å². The summed E-state index contributed by atoms with van der Waals surface area (Å²) < 4.78 is 1.09. The summed E-state index contributed by atoms with van der Waals surface area (Å²) in [7, 11) is 0. The lowest BCUT2D eigenvalue weighted by Gasteiger charge is -2.32. The Morgan fingerprint density at radius 1 is 1.21 bits per heavy atom. The summed E-state index contributed by atoms with van der Waals surface area (Å²) in [6.45, 7) is 2.25. The summed E-state index contributed by atoms with van der Waals surface area (Å²) in [6.07, 6.45) is 6.21. The Labute approximate surface area is 162 Å². The van der Waals surface area contributed by atoms with Crippen molar-refractivity contribution in [3.8, 4) is 0 Å². The van der Waals surface area contributed by atoms with Crippen molar-refractivity contribution in [1.29, 1.82) is 0 Å². The fraction of sp³-hybridized carbons (Fsp3) is 0.474. The second-order valence-corrected chi connectivity index (χ2v) is 7.41. The van der Waals surface area contributed by atoms with Gasteiger partial charge < -0.3 is 20.9 Å². The molecule has 4 rings (SSSR count). The van der Waals surface area contributed by atoms with Crippen molar-refractivity contribution in [2.24, 2.45) is 0 Å². The number of aliphatic hydroxyl groups is 1. The molecule has 1 spiro atoms. The number of nitrogens with zero attached hydrogens (tertiary/aromatic N) is 3. The van der Waals surface area contributed by atoms with Crippen molar-refractivity contribution >= 4 is 23.4 Å².